The first-order chi connectivity index (χ1) is 9.50. The Bertz CT molecular complexity index is 658. The lowest BCUT2D eigenvalue weighted by Gasteiger charge is -2.17. The first-order valence-corrected chi connectivity index (χ1v) is 5.69. The molecule has 0 aliphatic heterocycles. The molecule has 102 valence electrons. The third-order valence-corrected chi connectivity index (χ3v) is 2.73. The van der Waals surface area contributed by atoms with E-state index >= 15 is 0 Å². The van der Waals surface area contributed by atoms with Crippen LogP contribution in [0.25, 0.3) is 0 Å². The summed E-state index contributed by atoms with van der Waals surface area (Å²) in [5.41, 5.74) is 6.11. The third kappa shape index (κ3) is 2.57. The zero-order valence-electron chi connectivity index (χ0n) is 10.4. The molecule has 0 spiro atoms. The minimum Gasteiger partial charge on any atom is -0.398 e. The number of amides is 1. The third-order valence-electron chi connectivity index (χ3n) is 2.73. The standard InChI is InChI=1S/C13H12N4O3/c14-12-8-10(17(19)20)6-7-11(12)13(18)16(15)9-4-2-1-3-5-9/h1-8H,14-15H2. The molecule has 0 bridgehead atoms. The van der Waals surface area contributed by atoms with Crippen LogP contribution in [-0.4, -0.2) is 10.8 Å². The maximum atomic E-state index is 12.2. The van der Waals surface area contributed by atoms with Gasteiger partial charge in [-0.2, -0.15) is 0 Å². The van der Waals surface area contributed by atoms with Crippen LogP contribution < -0.4 is 16.6 Å². The Kier molecular flexibility index (Phi) is 3.62. The average Bonchev–Trinajstić information content (AvgIpc) is 2.46. The van der Waals surface area contributed by atoms with Gasteiger partial charge in [-0.05, 0) is 18.2 Å². The molecule has 7 heteroatoms. The lowest BCUT2D eigenvalue weighted by atomic mass is 10.1. The SMILES string of the molecule is Nc1cc([N+](=O)[O-])ccc1C(=O)N(N)c1ccccc1. The number of anilines is 2. The van der Waals surface area contributed by atoms with E-state index in [1.54, 1.807) is 30.3 Å². The average molecular weight is 272 g/mol. The number of nitrogens with zero attached hydrogens (tertiary/aromatic N) is 2. The van der Waals surface area contributed by atoms with Crippen molar-refractivity contribution >= 4 is 23.0 Å². The van der Waals surface area contributed by atoms with E-state index in [1.165, 1.54) is 12.1 Å². The number of nitro groups is 1. The highest BCUT2D eigenvalue weighted by Crippen LogP contribution is 2.22. The normalized spacial score (nSPS) is 10.1. The Balaban J connectivity index is 2.32. The fourth-order valence-electron chi connectivity index (χ4n) is 1.69. The number of para-hydroxylation sites is 1. The van der Waals surface area contributed by atoms with Gasteiger partial charge in [-0.3, -0.25) is 14.9 Å². The van der Waals surface area contributed by atoms with E-state index in [-0.39, 0.29) is 16.9 Å². The van der Waals surface area contributed by atoms with Gasteiger partial charge in [0.2, 0.25) is 0 Å². The van der Waals surface area contributed by atoms with Gasteiger partial charge in [0.1, 0.15) is 0 Å². The van der Waals surface area contributed by atoms with Crippen molar-refractivity contribution in [1.82, 2.24) is 0 Å². The molecular weight excluding hydrogens is 260 g/mol. The van der Waals surface area contributed by atoms with Crippen molar-refractivity contribution < 1.29 is 9.72 Å². The smallest absolute Gasteiger partial charge is 0.274 e. The lowest BCUT2D eigenvalue weighted by molar-refractivity contribution is -0.384. The fourth-order valence-corrected chi connectivity index (χ4v) is 1.69. The quantitative estimate of drug-likeness (QED) is 0.290. The lowest BCUT2D eigenvalue weighted by Crippen LogP contribution is -2.37. The molecule has 0 aromatic heterocycles. The van der Waals surface area contributed by atoms with Gasteiger partial charge >= 0.3 is 0 Å². The number of hydrogen-bond acceptors (Lipinski definition) is 5. The van der Waals surface area contributed by atoms with E-state index in [1.807, 2.05) is 0 Å². The second-order valence-electron chi connectivity index (χ2n) is 4.04. The Morgan fingerprint density at radius 2 is 1.80 bits per heavy atom. The van der Waals surface area contributed by atoms with Crippen molar-refractivity contribution in [3.05, 3.63) is 64.2 Å². The van der Waals surface area contributed by atoms with Gasteiger partial charge in [0.25, 0.3) is 11.6 Å². The van der Waals surface area contributed by atoms with Crippen LogP contribution in [0, 0.1) is 10.1 Å². The van der Waals surface area contributed by atoms with Crippen LogP contribution in [0.5, 0.6) is 0 Å². The number of nitrogen functional groups attached to an aromatic ring is 1. The molecular formula is C13H12N4O3. The topological polar surface area (TPSA) is 115 Å². The molecule has 0 unspecified atom stereocenters. The number of carbonyl (C=O) groups excluding carboxylic acids is 1. The molecule has 7 nitrogen and oxygen atoms in total. The summed E-state index contributed by atoms with van der Waals surface area (Å²) in [5.74, 6) is 5.19. The summed E-state index contributed by atoms with van der Waals surface area (Å²) in [5, 5.41) is 11.6. The van der Waals surface area contributed by atoms with Gasteiger partial charge in [-0.25, -0.2) is 10.9 Å². The van der Waals surface area contributed by atoms with Crippen molar-refractivity contribution in [1.29, 1.82) is 0 Å². The number of benzene rings is 2. The maximum Gasteiger partial charge on any atom is 0.274 e. The zero-order valence-corrected chi connectivity index (χ0v) is 10.4. The van der Waals surface area contributed by atoms with Gasteiger partial charge < -0.3 is 5.73 Å². The van der Waals surface area contributed by atoms with Crippen LogP contribution in [0.2, 0.25) is 0 Å². The van der Waals surface area contributed by atoms with Crippen LogP contribution in [-0.2, 0) is 0 Å². The minimum absolute atomic E-state index is 0.00980. The second-order valence-corrected chi connectivity index (χ2v) is 4.04. The second kappa shape index (κ2) is 5.37. The van der Waals surface area contributed by atoms with Gasteiger partial charge in [0, 0.05) is 12.1 Å². The zero-order chi connectivity index (χ0) is 14.7. The number of rotatable bonds is 3. The molecule has 0 aliphatic carbocycles. The Morgan fingerprint density at radius 3 is 2.35 bits per heavy atom. The number of hydrogen-bond donors (Lipinski definition) is 2. The highest BCUT2D eigenvalue weighted by atomic mass is 16.6. The summed E-state index contributed by atoms with van der Waals surface area (Å²) in [7, 11) is 0. The number of nitrogens with two attached hydrogens (primary N) is 2. The predicted octanol–water partition coefficient (Wildman–Crippen LogP) is 1.70. The van der Waals surface area contributed by atoms with E-state index in [0.717, 1.165) is 11.1 Å². The van der Waals surface area contributed by atoms with Gasteiger partial charge in [0.05, 0.1) is 21.9 Å². The van der Waals surface area contributed by atoms with Crippen LogP contribution in [0.3, 0.4) is 0 Å². The van der Waals surface area contributed by atoms with Crippen molar-refractivity contribution in [3.8, 4) is 0 Å². The van der Waals surface area contributed by atoms with Gasteiger partial charge in [-0.15, -0.1) is 0 Å². The van der Waals surface area contributed by atoms with Crippen LogP contribution in [0.4, 0.5) is 17.1 Å². The largest absolute Gasteiger partial charge is 0.398 e. The van der Waals surface area contributed by atoms with Crippen molar-refractivity contribution in [3.63, 3.8) is 0 Å². The molecule has 0 aliphatic rings. The van der Waals surface area contributed by atoms with Crippen molar-refractivity contribution in [2.45, 2.75) is 0 Å². The van der Waals surface area contributed by atoms with Crippen LogP contribution in [0.15, 0.2) is 48.5 Å². The number of hydrazine groups is 1. The molecule has 1 amide bonds. The van der Waals surface area contributed by atoms with Crippen molar-refractivity contribution in [2.75, 3.05) is 10.7 Å². The summed E-state index contributed by atoms with van der Waals surface area (Å²) in [4.78, 5) is 22.2. The molecule has 0 atom stereocenters. The summed E-state index contributed by atoms with van der Waals surface area (Å²) in [6.07, 6.45) is 0. The van der Waals surface area contributed by atoms with Gasteiger partial charge in [0.15, 0.2) is 0 Å². The Labute approximate surface area is 114 Å². The fraction of sp³-hybridized carbons (Fsp3) is 0. The predicted molar refractivity (Wildman–Crippen MR) is 74.9 cm³/mol. The molecule has 2 aromatic carbocycles. The van der Waals surface area contributed by atoms with Crippen LogP contribution in [0.1, 0.15) is 10.4 Å². The van der Waals surface area contributed by atoms with E-state index in [4.69, 9.17) is 11.6 Å². The summed E-state index contributed by atoms with van der Waals surface area (Å²) in [6, 6.07) is 12.2. The first-order valence-electron chi connectivity index (χ1n) is 5.69. The number of carbonyl (C=O) groups is 1. The monoisotopic (exact) mass is 272 g/mol. The summed E-state index contributed by atoms with van der Waals surface area (Å²) in [6.45, 7) is 0. The van der Waals surface area contributed by atoms with Crippen LogP contribution >= 0.6 is 0 Å². The molecule has 0 saturated carbocycles. The molecule has 0 saturated heterocycles. The highest BCUT2D eigenvalue weighted by Gasteiger charge is 2.19. The number of nitro benzene ring substituents is 1. The van der Waals surface area contributed by atoms with E-state index in [9.17, 15) is 14.9 Å². The van der Waals surface area contributed by atoms with E-state index < -0.39 is 10.8 Å². The van der Waals surface area contributed by atoms with E-state index in [0.29, 0.717) is 5.69 Å². The highest BCUT2D eigenvalue weighted by molar-refractivity contribution is 6.08. The molecule has 2 aromatic rings. The first kappa shape index (κ1) is 13.5. The maximum absolute atomic E-state index is 12.2. The van der Waals surface area contributed by atoms with E-state index in [2.05, 4.69) is 0 Å². The Hall–Kier alpha value is -2.93. The summed E-state index contributed by atoms with van der Waals surface area (Å²) >= 11 is 0. The molecule has 0 radical (unpaired) electrons. The molecule has 4 N–H and O–H groups in total. The summed E-state index contributed by atoms with van der Waals surface area (Å²) < 4.78 is 0. The minimum atomic E-state index is -0.581. The van der Waals surface area contributed by atoms with Gasteiger partial charge in [-0.1, -0.05) is 18.2 Å². The molecule has 2 rings (SSSR count). The van der Waals surface area contributed by atoms with Crippen molar-refractivity contribution in [2.24, 2.45) is 5.84 Å². The molecule has 20 heavy (non-hydrogen) atoms. The molecule has 0 fully saturated rings. The Morgan fingerprint density at radius 1 is 1.15 bits per heavy atom. The number of non-ortho nitro benzene ring substituents is 1. The molecule has 0 heterocycles.